The lowest BCUT2D eigenvalue weighted by Crippen LogP contribution is -2.27. The highest BCUT2D eigenvalue weighted by Gasteiger charge is 2.29. The monoisotopic (exact) mass is 983 g/mol. The van der Waals surface area contributed by atoms with E-state index in [1.54, 1.807) is 0 Å². The Bertz CT molecular complexity index is 1110. The summed E-state index contributed by atoms with van der Waals surface area (Å²) in [7, 11) is -45.5. The molecule has 0 heterocycles. The summed E-state index contributed by atoms with van der Waals surface area (Å²) in [5.41, 5.74) is 10.3. The molecule has 0 radical (unpaired) electrons. The lowest BCUT2D eigenvalue weighted by Gasteiger charge is -2.03. The molecule has 0 aliphatic rings. The van der Waals surface area contributed by atoms with Crippen molar-refractivity contribution in [3.8, 4) is 0 Å². The Kier molecular flexibility index (Phi) is 34.0. The van der Waals surface area contributed by atoms with Crippen molar-refractivity contribution in [2.24, 2.45) is 11.5 Å². The molecule has 52 heavy (non-hydrogen) atoms. The van der Waals surface area contributed by atoms with E-state index in [9.17, 15) is 45.7 Å². The fraction of sp³-hybridized carbons (Fsp3) is 1.00. The molecule has 0 aromatic rings. The van der Waals surface area contributed by atoms with Crippen molar-refractivity contribution in [3.05, 3.63) is 0 Å². The first kappa shape index (κ1) is 65.2. The van der Waals surface area contributed by atoms with Gasteiger partial charge in [-0.2, -0.15) is 0 Å². The molecular formula is C9H43N3O30P10. The largest absolute Gasteiger partial charge is 0.337 e. The first-order chi connectivity index (χ1) is 21.9. The van der Waals surface area contributed by atoms with Gasteiger partial charge in [0.15, 0.2) is 29.5 Å². The van der Waals surface area contributed by atoms with Gasteiger partial charge >= 0.3 is 76.0 Å². The SMILES string of the molecule is NCCNCCN.O=P(O)(O)CP(=O)(O)O.O=P(O)(O)CP(=O)(O)O.O=P(O)(O)CP(=O)(O)O.O=P(O)(O)CP(=O)(O)O.O=P(O)(O)CP(=O)(O)O. The molecule has 0 aliphatic carbocycles. The van der Waals surface area contributed by atoms with Crippen LogP contribution in [-0.4, -0.2) is 154 Å². The Morgan fingerprint density at radius 3 is 0.404 bits per heavy atom. The smallest absolute Gasteiger partial charge is 0.329 e. The molecule has 0 aliphatic heterocycles. The first-order valence-corrected chi connectivity index (χ1v) is 29.5. The molecule has 0 atom stereocenters. The van der Waals surface area contributed by atoms with Gasteiger partial charge in [-0.1, -0.05) is 0 Å². The Morgan fingerprint density at radius 1 is 0.269 bits per heavy atom. The van der Waals surface area contributed by atoms with Crippen LogP contribution < -0.4 is 16.8 Å². The number of nitrogens with two attached hydrogens (primary N) is 2. The molecule has 43 heteroatoms. The molecular weight excluding hydrogens is 940 g/mol. The molecule has 0 fully saturated rings. The van der Waals surface area contributed by atoms with Gasteiger partial charge in [-0.3, -0.25) is 45.7 Å². The van der Waals surface area contributed by atoms with E-state index < -0.39 is 105 Å². The highest BCUT2D eigenvalue weighted by atomic mass is 31.3. The van der Waals surface area contributed by atoms with Crippen LogP contribution in [0.3, 0.4) is 0 Å². The lowest BCUT2D eigenvalue weighted by atomic mass is 10.6. The van der Waals surface area contributed by atoms with Gasteiger partial charge in [0, 0.05) is 26.2 Å². The van der Waals surface area contributed by atoms with Crippen LogP contribution in [-0.2, 0) is 45.7 Å². The molecule has 0 amide bonds. The average Bonchev–Trinajstić information content (AvgIpc) is 2.62. The fourth-order valence-corrected chi connectivity index (χ4v) is 11.1. The molecule has 0 aromatic carbocycles. The summed E-state index contributed by atoms with van der Waals surface area (Å²) in [4.78, 5) is 159. The van der Waals surface area contributed by atoms with Gasteiger partial charge in [-0.05, 0) is 0 Å². The van der Waals surface area contributed by atoms with Gasteiger partial charge in [0.05, 0.1) is 0 Å². The maximum Gasteiger partial charge on any atom is 0.337 e. The zero-order valence-corrected chi connectivity index (χ0v) is 34.5. The summed E-state index contributed by atoms with van der Waals surface area (Å²) >= 11 is 0. The van der Waals surface area contributed by atoms with Crippen LogP contribution in [0.4, 0.5) is 0 Å². The van der Waals surface area contributed by atoms with Crippen LogP contribution >= 0.6 is 76.0 Å². The molecule has 0 rings (SSSR count). The van der Waals surface area contributed by atoms with Crippen molar-refractivity contribution in [1.29, 1.82) is 0 Å². The van der Waals surface area contributed by atoms with Crippen molar-refractivity contribution >= 4 is 76.0 Å². The number of hydrogen-bond donors (Lipinski definition) is 23. The van der Waals surface area contributed by atoms with Crippen LogP contribution in [0.25, 0.3) is 0 Å². The van der Waals surface area contributed by atoms with Gasteiger partial charge in [-0.25, -0.2) is 0 Å². The zero-order chi connectivity index (χ0) is 44.1. The van der Waals surface area contributed by atoms with Crippen LogP contribution in [0.2, 0.25) is 0 Å². The van der Waals surface area contributed by atoms with Crippen LogP contribution in [0.1, 0.15) is 0 Å². The molecule has 0 saturated carbocycles. The molecule has 25 N–H and O–H groups in total. The Hall–Kier alpha value is 1.38. The average molecular weight is 983 g/mol. The third-order valence-corrected chi connectivity index (χ3v) is 17.2. The normalized spacial score (nSPS) is 13.2. The zero-order valence-electron chi connectivity index (χ0n) is 25.5. The molecule has 324 valence electrons. The highest BCUT2D eigenvalue weighted by molar-refractivity contribution is 7.71. The van der Waals surface area contributed by atoms with Gasteiger partial charge in [0.25, 0.3) is 0 Å². The van der Waals surface area contributed by atoms with E-state index in [0.29, 0.717) is 13.1 Å². The predicted octanol–water partition coefficient (Wildman–Crippen LogP) is -5.01. The van der Waals surface area contributed by atoms with E-state index in [1.165, 1.54) is 0 Å². The van der Waals surface area contributed by atoms with Crippen molar-refractivity contribution in [2.75, 3.05) is 55.7 Å². The molecule has 0 unspecified atom stereocenters. The topological polar surface area (TPSA) is 639 Å². The van der Waals surface area contributed by atoms with E-state index in [2.05, 4.69) is 5.32 Å². The van der Waals surface area contributed by atoms with Crippen molar-refractivity contribution < 1.29 is 144 Å². The molecule has 0 spiro atoms. The van der Waals surface area contributed by atoms with Gasteiger partial charge < -0.3 is 115 Å². The Balaban J connectivity index is -0.000000122. The van der Waals surface area contributed by atoms with Crippen molar-refractivity contribution in [2.45, 2.75) is 0 Å². The second-order valence-corrected chi connectivity index (χ2v) is 27.6. The maximum absolute atomic E-state index is 9.85. The van der Waals surface area contributed by atoms with Crippen LogP contribution in [0.15, 0.2) is 0 Å². The van der Waals surface area contributed by atoms with Gasteiger partial charge in [-0.15, -0.1) is 0 Å². The first-order valence-electron chi connectivity index (χ1n) is 11.5. The minimum absolute atomic E-state index is 0.694. The minimum Gasteiger partial charge on any atom is -0.329 e. The quantitative estimate of drug-likeness (QED) is 0.0572. The summed E-state index contributed by atoms with van der Waals surface area (Å²) in [5, 5.41) is 3.03. The van der Waals surface area contributed by atoms with E-state index in [-0.39, 0.29) is 0 Å². The van der Waals surface area contributed by atoms with E-state index in [0.717, 1.165) is 13.1 Å². The fourth-order valence-electron chi connectivity index (χ4n) is 1.53. The van der Waals surface area contributed by atoms with Crippen LogP contribution in [0.5, 0.6) is 0 Å². The lowest BCUT2D eigenvalue weighted by molar-refractivity contribution is 0.352. The minimum atomic E-state index is -4.55. The number of nitrogens with one attached hydrogen (secondary N) is 1. The van der Waals surface area contributed by atoms with Gasteiger partial charge in [0.2, 0.25) is 0 Å². The molecule has 0 saturated heterocycles. The number of rotatable bonds is 14. The van der Waals surface area contributed by atoms with E-state index in [1.807, 2.05) is 0 Å². The summed E-state index contributed by atoms with van der Waals surface area (Å²) in [6.07, 6.45) is 0. The second-order valence-electron chi connectivity index (χ2n) is 8.68. The maximum atomic E-state index is 9.85. The highest BCUT2D eigenvalue weighted by Crippen LogP contribution is 2.54. The van der Waals surface area contributed by atoms with Crippen molar-refractivity contribution in [1.82, 2.24) is 5.32 Å². The molecule has 33 nitrogen and oxygen atoms in total. The third-order valence-electron chi connectivity index (χ3n) is 2.48. The molecule has 0 bridgehead atoms. The second kappa shape index (κ2) is 27.1. The van der Waals surface area contributed by atoms with Crippen molar-refractivity contribution in [3.63, 3.8) is 0 Å². The van der Waals surface area contributed by atoms with Crippen LogP contribution in [0, 0.1) is 0 Å². The summed E-state index contributed by atoms with van der Waals surface area (Å²) < 4.78 is 98.5. The van der Waals surface area contributed by atoms with E-state index >= 15 is 0 Å². The summed E-state index contributed by atoms with van der Waals surface area (Å²) in [6, 6.07) is 0. The van der Waals surface area contributed by atoms with Gasteiger partial charge in [0.1, 0.15) is 0 Å². The third kappa shape index (κ3) is 104. The summed E-state index contributed by atoms with van der Waals surface area (Å²) in [5.74, 6) is -6.88. The molecule has 0 aromatic heterocycles. The Labute approximate surface area is 291 Å². The number of hydrogen-bond acceptors (Lipinski definition) is 13. The summed E-state index contributed by atoms with van der Waals surface area (Å²) in [6.45, 7) is 3.13. The van der Waals surface area contributed by atoms with E-state index in [4.69, 9.17) is 109 Å². The Morgan fingerprint density at radius 2 is 0.365 bits per heavy atom. The predicted molar refractivity (Wildman–Crippen MR) is 176 cm³/mol. The standard InChI is InChI=1S/C4H13N3.5CH6O6P2/c5-1-3-7-4-2-6;5*2-8(3,4)1-9(5,6)7/h7H,1-6H2;5*1H2,(H2,2,3,4)(H2,5,6,7).